The van der Waals surface area contributed by atoms with Crippen molar-refractivity contribution in [2.24, 2.45) is 0 Å². The van der Waals surface area contributed by atoms with Gasteiger partial charge in [0.2, 0.25) is 5.89 Å². The number of aryl methyl sites for hydroxylation is 1. The van der Waals surface area contributed by atoms with E-state index in [0.717, 1.165) is 22.6 Å². The highest BCUT2D eigenvalue weighted by Gasteiger charge is 2.21. The molecule has 1 heterocycles. The molecule has 0 spiro atoms. The van der Waals surface area contributed by atoms with E-state index in [0.29, 0.717) is 24.7 Å². The number of aromatic nitrogens is 1. The third-order valence-corrected chi connectivity index (χ3v) is 5.51. The molecule has 0 bridgehead atoms. The van der Waals surface area contributed by atoms with E-state index in [4.69, 9.17) is 13.9 Å². The first-order chi connectivity index (χ1) is 17.9. The number of aliphatic carboxylic acids is 1. The minimum atomic E-state index is -1.54. The second-order valence-electron chi connectivity index (χ2n) is 8.37. The number of carboxylic acid groups (broad SMARTS) is 1. The standard InChI is InChI=1S/C28H28N2O7/c1-19-25(29-27(36-19)21-8-3-2-4-9-21)13-14-35-23-11-5-7-20(15-23)17-30(18-26(32)33)28(34)37-24-12-6-10-22(31)16-24/h2-12,15-16,28,31,34H,13-14,17-18H2,1H3,(H,32,33). The van der Waals surface area contributed by atoms with Crippen molar-refractivity contribution in [3.63, 3.8) is 0 Å². The van der Waals surface area contributed by atoms with Crippen LogP contribution < -0.4 is 9.47 Å². The Morgan fingerprint density at radius 3 is 2.54 bits per heavy atom. The van der Waals surface area contributed by atoms with Gasteiger partial charge in [0.25, 0.3) is 6.41 Å². The molecule has 9 nitrogen and oxygen atoms in total. The largest absolute Gasteiger partial charge is 0.508 e. The minimum Gasteiger partial charge on any atom is -0.508 e. The molecule has 1 aromatic heterocycles. The summed E-state index contributed by atoms with van der Waals surface area (Å²) in [6, 6.07) is 22.8. The molecule has 3 N–H and O–H groups in total. The van der Waals surface area contributed by atoms with Crippen LogP contribution in [0, 0.1) is 6.92 Å². The third-order valence-electron chi connectivity index (χ3n) is 5.51. The van der Waals surface area contributed by atoms with Gasteiger partial charge in [-0.2, -0.15) is 0 Å². The molecule has 0 aliphatic rings. The highest BCUT2D eigenvalue weighted by atomic mass is 16.6. The number of rotatable bonds is 12. The molecule has 0 radical (unpaired) electrons. The van der Waals surface area contributed by atoms with Gasteiger partial charge in [0.05, 0.1) is 12.3 Å². The van der Waals surface area contributed by atoms with E-state index in [-0.39, 0.29) is 18.0 Å². The van der Waals surface area contributed by atoms with E-state index in [9.17, 15) is 20.1 Å². The highest BCUT2D eigenvalue weighted by Crippen LogP contribution is 2.23. The van der Waals surface area contributed by atoms with Gasteiger partial charge in [-0.3, -0.25) is 4.79 Å². The van der Waals surface area contributed by atoms with Gasteiger partial charge < -0.3 is 29.2 Å². The molecule has 4 aromatic rings. The van der Waals surface area contributed by atoms with Crippen LogP contribution in [0.3, 0.4) is 0 Å². The monoisotopic (exact) mass is 504 g/mol. The van der Waals surface area contributed by atoms with Crippen LogP contribution in [0.4, 0.5) is 0 Å². The second kappa shape index (κ2) is 12.1. The van der Waals surface area contributed by atoms with Gasteiger partial charge in [0.1, 0.15) is 29.6 Å². The molecule has 0 saturated carbocycles. The van der Waals surface area contributed by atoms with Crippen LogP contribution in [-0.4, -0.2) is 50.7 Å². The zero-order valence-corrected chi connectivity index (χ0v) is 20.3. The quantitative estimate of drug-likeness (QED) is 0.243. The number of hydrogen-bond acceptors (Lipinski definition) is 8. The molecular formula is C28H28N2O7. The first-order valence-corrected chi connectivity index (χ1v) is 11.7. The van der Waals surface area contributed by atoms with E-state index in [1.54, 1.807) is 36.4 Å². The summed E-state index contributed by atoms with van der Waals surface area (Å²) in [4.78, 5) is 17.2. The predicted octanol–water partition coefficient (Wildman–Crippen LogP) is 4.22. The lowest BCUT2D eigenvalue weighted by molar-refractivity contribution is -0.161. The fourth-order valence-electron chi connectivity index (χ4n) is 3.74. The summed E-state index contributed by atoms with van der Waals surface area (Å²) < 4.78 is 17.1. The van der Waals surface area contributed by atoms with E-state index in [2.05, 4.69) is 4.98 Å². The second-order valence-corrected chi connectivity index (χ2v) is 8.37. The molecule has 0 amide bonds. The van der Waals surface area contributed by atoms with Crippen molar-refractivity contribution in [3.8, 4) is 28.7 Å². The van der Waals surface area contributed by atoms with E-state index in [1.807, 2.05) is 37.3 Å². The number of oxazole rings is 1. The number of aromatic hydroxyl groups is 1. The lowest BCUT2D eigenvalue weighted by Crippen LogP contribution is -2.42. The van der Waals surface area contributed by atoms with Gasteiger partial charge >= 0.3 is 5.97 Å². The number of aliphatic hydroxyl groups excluding tert-OH is 1. The van der Waals surface area contributed by atoms with Crippen molar-refractivity contribution in [1.82, 2.24) is 9.88 Å². The van der Waals surface area contributed by atoms with Gasteiger partial charge in [-0.25, -0.2) is 9.88 Å². The molecular weight excluding hydrogens is 476 g/mol. The molecule has 1 unspecified atom stereocenters. The summed E-state index contributed by atoms with van der Waals surface area (Å²) in [5.74, 6) is 0.959. The van der Waals surface area contributed by atoms with Crippen LogP contribution in [-0.2, 0) is 17.8 Å². The lowest BCUT2D eigenvalue weighted by Gasteiger charge is -2.26. The van der Waals surface area contributed by atoms with Crippen molar-refractivity contribution < 1.29 is 34.0 Å². The molecule has 192 valence electrons. The first kappa shape index (κ1) is 25.7. The number of nitrogens with zero attached hydrogens (tertiary/aromatic N) is 2. The van der Waals surface area contributed by atoms with Crippen LogP contribution >= 0.6 is 0 Å². The molecule has 0 aliphatic heterocycles. The zero-order chi connectivity index (χ0) is 26.2. The molecule has 4 rings (SSSR count). The molecule has 37 heavy (non-hydrogen) atoms. The summed E-state index contributed by atoms with van der Waals surface area (Å²) in [7, 11) is 0. The van der Waals surface area contributed by atoms with Crippen molar-refractivity contribution in [2.45, 2.75) is 26.3 Å². The number of ether oxygens (including phenoxy) is 2. The topological polar surface area (TPSA) is 125 Å². The maximum atomic E-state index is 11.4. The number of phenolic OH excluding ortho intramolecular Hbond substituents is 1. The zero-order valence-electron chi connectivity index (χ0n) is 20.3. The van der Waals surface area contributed by atoms with Crippen molar-refractivity contribution in [1.29, 1.82) is 0 Å². The third kappa shape index (κ3) is 7.33. The number of carbonyl (C=O) groups is 1. The number of carboxylic acids is 1. The Labute approximate surface area is 214 Å². The van der Waals surface area contributed by atoms with Gasteiger partial charge in [-0.15, -0.1) is 0 Å². The molecule has 9 heteroatoms. The fraction of sp³-hybridized carbons (Fsp3) is 0.214. The minimum absolute atomic E-state index is 0.0311. The van der Waals surface area contributed by atoms with Crippen LogP contribution in [0.5, 0.6) is 17.2 Å². The van der Waals surface area contributed by atoms with Crippen molar-refractivity contribution in [2.75, 3.05) is 13.2 Å². The normalized spacial score (nSPS) is 11.9. The van der Waals surface area contributed by atoms with E-state index >= 15 is 0 Å². The van der Waals surface area contributed by atoms with Crippen LogP contribution in [0.2, 0.25) is 0 Å². The molecule has 0 fully saturated rings. The summed E-state index contributed by atoms with van der Waals surface area (Å²) in [6.07, 6.45) is -0.995. The molecule has 1 atom stereocenters. The number of aliphatic hydroxyl groups is 1. The maximum absolute atomic E-state index is 11.4. The Morgan fingerprint density at radius 2 is 1.78 bits per heavy atom. The smallest absolute Gasteiger partial charge is 0.317 e. The maximum Gasteiger partial charge on any atom is 0.317 e. The van der Waals surface area contributed by atoms with Crippen molar-refractivity contribution in [3.05, 3.63) is 95.9 Å². The van der Waals surface area contributed by atoms with Crippen LogP contribution in [0.15, 0.2) is 83.3 Å². The number of benzene rings is 3. The van der Waals surface area contributed by atoms with Gasteiger partial charge in [-0.05, 0) is 48.9 Å². The van der Waals surface area contributed by atoms with Gasteiger partial charge in [0.15, 0.2) is 0 Å². The van der Waals surface area contributed by atoms with E-state index < -0.39 is 18.9 Å². The van der Waals surface area contributed by atoms with Crippen LogP contribution in [0.1, 0.15) is 17.0 Å². The van der Waals surface area contributed by atoms with E-state index in [1.165, 1.54) is 17.0 Å². The Bertz CT molecular complexity index is 1320. The number of phenols is 1. The Morgan fingerprint density at radius 1 is 1.03 bits per heavy atom. The Hall–Kier alpha value is -4.34. The molecule has 0 aliphatic carbocycles. The average molecular weight is 505 g/mol. The lowest BCUT2D eigenvalue weighted by atomic mass is 10.2. The SMILES string of the molecule is Cc1oc(-c2ccccc2)nc1CCOc1cccc(CN(CC(=O)O)C(O)Oc2cccc(O)c2)c1. The first-order valence-electron chi connectivity index (χ1n) is 11.7. The van der Waals surface area contributed by atoms with Crippen LogP contribution in [0.25, 0.3) is 11.5 Å². The van der Waals surface area contributed by atoms with Gasteiger partial charge in [0, 0.05) is 24.6 Å². The Kier molecular flexibility index (Phi) is 8.40. The predicted molar refractivity (Wildman–Crippen MR) is 135 cm³/mol. The summed E-state index contributed by atoms with van der Waals surface area (Å²) in [5.41, 5.74) is 2.45. The van der Waals surface area contributed by atoms with Crippen molar-refractivity contribution >= 4 is 5.97 Å². The summed E-state index contributed by atoms with van der Waals surface area (Å²) in [5, 5.41) is 29.4. The Balaban J connectivity index is 1.37. The van der Waals surface area contributed by atoms with Gasteiger partial charge in [-0.1, -0.05) is 36.4 Å². The molecule has 3 aromatic carbocycles. The highest BCUT2D eigenvalue weighted by molar-refractivity contribution is 5.69. The summed E-state index contributed by atoms with van der Waals surface area (Å²) >= 11 is 0. The fourth-order valence-corrected chi connectivity index (χ4v) is 3.74. The average Bonchev–Trinajstić information content (AvgIpc) is 3.24. The molecule has 0 saturated heterocycles. The number of hydrogen-bond donors (Lipinski definition) is 3. The summed E-state index contributed by atoms with van der Waals surface area (Å²) in [6.45, 7) is 1.87.